The van der Waals surface area contributed by atoms with Crippen LogP contribution in [0.25, 0.3) is 0 Å². The van der Waals surface area contributed by atoms with Gasteiger partial charge >= 0.3 is 0 Å². The maximum atomic E-state index is 12.0. The van der Waals surface area contributed by atoms with Gasteiger partial charge in [0, 0.05) is 25.2 Å². The predicted molar refractivity (Wildman–Crippen MR) is 87.2 cm³/mol. The second-order valence-electron chi connectivity index (χ2n) is 5.44. The van der Waals surface area contributed by atoms with Gasteiger partial charge in [-0.05, 0) is 37.0 Å². The molecule has 6 heteroatoms. The van der Waals surface area contributed by atoms with Crippen LogP contribution in [0.5, 0.6) is 5.75 Å². The lowest BCUT2D eigenvalue weighted by Gasteiger charge is -2.23. The van der Waals surface area contributed by atoms with Gasteiger partial charge < -0.3 is 21.1 Å². The molecule has 1 aliphatic rings. The topological polar surface area (TPSA) is 88.7 Å². The highest BCUT2D eigenvalue weighted by molar-refractivity contribution is 5.94. The summed E-state index contributed by atoms with van der Waals surface area (Å²) in [7, 11) is 1.58. The van der Waals surface area contributed by atoms with Crippen molar-refractivity contribution in [2.24, 2.45) is 16.6 Å². The Bertz CT molecular complexity index is 527. The standard InChI is InChI=1S/C16H24N4O2/c1-22-14-7-3-6-13(10-14)15(21)18-8-9-19-16(17)20-11-12-4-2-5-12/h3,6-7,10,12H,2,4-5,8-9,11H2,1H3,(H,18,21)(H3,17,19,20). The van der Waals surface area contributed by atoms with Gasteiger partial charge in [0.25, 0.3) is 5.91 Å². The zero-order chi connectivity index (χ0) is 15.8. The molecule has 0 spiro atoms. The number of methoxy groups -OCH3 is 1. The quantitative estimate of drug-likeness (QED) is 0.400. The number of hydrogen-bond donors (Lipinski definition) is 3. The van der Waals surface area contributed by atoms with Crippen LogP contribution in [0.4, 0.5) is 0 Å². The molecule has 0 atom stereocenters. The minimum atomic E-state index is -0.134. The molecule has 0 radical (unpaired) electrons. The number of nitrogens with zero attached hydrogens (tertiary/aromatic N) is 1. The normalized spacial score (nSPS) is 15.0. The van der Waals surface area contributed by atoms with Crippen LogP contribution >= 0.6 is 0 Å². The third-order valence-electron chi connectivity index (χ3n) is 3.79. The lowest BCUT2D eigenvalue weighted by atomic mass is 9.86. The van der Waals surface area contributed by atoms with Crippen molar-refractivity contribution in [1.29, 1.82) is 0 Å². The van der Waals surface area contributed by atoms with Gasteiger partial charge in [0.05, 0.1) is 7.11 Å². The average molecular weight is 304 g/mol. The molecule has 0 aromatic heterocycles. The first-order valence-electron chi connectivity index (χ1n) is 7.65. The number of benzene rings is 1. The van der Waals surface area contributed by atoms with Crippen molar-refractivity contribution in [2.45, 2.75) is 19.3 Å². The number of rotatable bonds is 7. The molecule has 1 aromatic rings. The van der Waals surface area contributed by atoms with Crippen molar-refractivity contribution >= 4 is 11.9 Å². The highest BCUT2D eigenvalue weighted by Gasteiger charge is 2.16. The Morgan fingerprint density at radius 2 is 2.14 bits per heavy atom. The van der Waals surface area contributed by atoms with Crippen molar-refractivity contribution in [3.05, 3.63) is 29.8 Å². The maximum absolute atomic E-state index is 12.0. The lowest BCUT2D eigenvalue weighted by molar-refractivity contribution is 0.0954. The monoisotopic (exact) mass is 304 g/mol. The molecule has 4 N–H and O–H groups in total. The predicted octanol–water partition coefficient (Wildman–Crippen LogP) is 1.13. The highest BCUT2D eigenvalue weighted by atomic mass is 16.5. The summed E-state index contributed by atoms with van der Waals surface area (Å²) < 4.78 is 5.10. The third kappa shape index (κ3) is 4.95. The summed E-state index contributed by atoms with van der Waals surface area (Å²) >= 11 is 0. The molecule has 22 heavy (non-hydrogen) atoms. The van der Waals surface area contributed by atoms with E-state index in [-0.39, 0.29) is 5.91 Å². The molecule has 0 saturated heterocycles. The Hall–Kier alpha value is -2.24. The Kier molecular flexibility index (Phi) is 6.06. The Morgan fingerprint density at radius 3 is 2.82 bits per heavy atom. The summed E-state index contributed by atoms with van der Waals surface area (Å²) in [6.07, 6.45) is 3.82. The fourth-order valence-corrected chi connectivity index (χ4v) is 2.19. The number of aliphatic imine (C=N–C) groups is 1. The minimum absolute atomic E-state index is 0.134. The van der Waals surface area contributed by atoms with Gasteiger partial charge in [0.1, 0.15) is 5.75 Å². The molecule has 1 aromatic carbocycles. The van der Waals surface area contributed by atoms with Crippen molar-refractivity contribution in [1.82, 2.24) is 10.6 Å². The van der Waals surface area contributed by atoms with Gasteiger partial charge in [-0.25, -0.2) is 0 Å². The Balaban J connectivity index is 1.65. The minimum Gasteiger partial charge on any atom is -0.497 e. The number of hydrogen-bond acceptors (Lipinski definition) is 3. The van der Waals surface area contributed by atoms with E-state index in [1.165, 1.54) is 19.3 Å². The summed E-state index contributed by atoms with van der Waals surface area (Å²) in [6.45, 7) is 1.83. The summed E-state index contributed by atoms with van der Waals surface area (Å²) in [5, 5.41) is 5.83. The molecular formula is C16H24N4O2. The van der Waals surface area contributed by atoms with E-state index in [1.54, 1.807) is 31.4 Å². The molecule has 2 rings (SSSR count). The van der Waals surface area contributed by atoms with Crippen molar-refractivity contribution in [3.8, 4) is 5.75 Å². The zero-order valence-electron chi connectivity index (χ0n) is 13.0. The van der Waals surface area contributed by atoms with Crippen molar-refractivity contribution < 1.29 is 9.53 Å². The molecule has 1 aliphatic carbocycles. The van der Waals surface area contributed by atoms with Gasteiger partial charge in [0.2, 0.25) is 0 Å². The molecule has 1 fully saturated rings. The number of nitrogens with two attached hydrogens (primary N) is 1. The second kappa shape index (κ2) is 8.26. The summed E-state index contributed by atoms with van der Waals surface area (Å²) in [4.78, 5) is 16.3. The van der Waals surface area contributed by atoms with Crippen LogP contribution < -0.4 is 21.1 Å². The van der Waals surface area contributed by atoms with E-state index in [4.69, 9.17) is 10.5 Å². The number of carbonyl (C=O) groups excluding carboxylic acids is 1. The van der Waals surface area contributed by atoms with Crippen molar-refractivity contribution in [2.75, 3.05) is 26.7 Å². The summed E-state index contributed by atoms with van der Waals surface area (Å²) in [6, 6.07) is 7.05. The molecule has 0 unspecified atom stereocenters. The molecule has 0 heterocycles. The molecular weight excluding hydrogens is 280 g/mol. The number of nitrogens with one attached hydrogen (secondary N) is 2. The van der Waals surface area contributed by atoms with Crippen LogP contribution in [0, 0.1) is 5.92 Å². The van der Waals surface area contributed by atoms with E-state index < -0.39 is 0 Å². The fraction of sp³-hybridized carbons (Fsp3) is 0.500. The first-order valence-corrected chi connectivity index (χ1v) is 7.65. The van der Waals surface area contributed by atoms with Gasteiger partial charge in [-0.15, -0.1) is 0 Å². The number of carbonyl (C=O) groups is 1. The maximum Gasteiger partial charge on any atom is 0.251 e. The Morgan fingerprint density at radius 1 is 1.36 bits per heavy atom. The smallest absolute Gasteiger partial charge is 0.251 e. The first kappa shape index (κ1) is 16.1. The SMILES string of the molecule is COc1cccc(C(=O)NCCNC(N)=NCC2CCC2)c1. The first-order chi connectivity index (χ1) is 10.7. The van der Waals surface area contributed by atoms with Crippen LogP contribution in [-0.2, 0) is 0 Å². The Labute approximate surface area is 131 Å². The molecule has 6 nitrogen and oxygen atoms in total. The van der Waals surface area contributed by atoms with Crippen LogP contribution in [0.2, 0.25) is 0 Å². The summed E-state index contributed by atoms with van der Waals surface area (Å²) in [5.41, 5.74) is 6.35. The third-order valence-corrected chi connectivity index (χ3v) is 3.79. The average Bonchev–Trinajstić information content (AvgIpc) is 2.50. The largest absolute Gasteiger partial charge is 0.497 e. The van der Waals surface area contributed by atoms with E-state index in [0.717, 1.165) is 6.54 Å². The van der Waals surface area contributed by atoms with E-state index in [0.29, 0.717) is 36.3 Å². The van der Waals surface area contributed by atoms with Crippen LogP contribution in [0.3, 0.4) is 0 Å². The fourth-order valence-electron chi connectivity index (χ4n) is 2.19. The van der Waals surface area contributed by atoms with Gasteiger partial charge in [0.15, 0.2) is 5.96 Å². The van der Waals surface area contributed by atoms with Crippen LogP contribution in [-0.4, -0.2) is 38.6 Å². The molecule has 0 aliphatic heterocycles. The highest BCUT2D eigenvalue weighted by Crippen LogP contribution is 2.26. The van der Waals surface area contributed by atoms with E-state index >= 15 is 0 Å². The zero-order valence-corrected chi connectivity index (χ0v) is 13.0. The lowest BCUT2D eigenvalue weighted by Crippen LogP contribution is -2.38. The van der Waals surface area contributed by atoms with E-state index in [2.05, 4.69) is 15.6 Å². The number of amides is 1. The van der Waals surface area contributed by atoms with Crippen LogP contribution in [0.15, 0.2) is 29.3 Å². The summed E-state index contributed by atoms with van der Waals surface area (Å²) in [5.74, 6) is 1.68. The molecule has 1 amide bonds. The van der Waals surface area contributed by atoms with Crippen molar-refractivity contribution in [3.63, 3.8) is 0 Å². The molecule has 120 valence electrons. The van der Waals surface area contributed by atoms with Crippen LogP contribution in [0.1, 0.15) is 29.6 Å². The molecule has 0 bridgehead atoms. The van der Waals surface area contributed by atoms with Gasteiger partial charge in [-0.2, -0.15) is 0 Å². The number of guanidine groups is 1. The van der Waals surface area contributed by atoms with E-state index in [9.17, 15) is 4.79 Å². The van der Waals surface area contributed by atoms with E-state index in [1.807, 2.05) is 0 Å². The van der Waals surface area contributed by atoms with Gasteiger partial charge in [-0.1, -0.05) is 12.5 Å². The van der Waals surface area contributed by atoms with Gasteiger partial charge in [-0.3, -0.25) is 9.79 Å². The number of ether oxygens (including phenoxy) is 1. The second-order valence-corrected chi connectivity index (χ2v) is 5.44. The molecule has 1 saturated carbocycles.